The highest BCUT2D eigenvalue weighted by molar-refractivity contribution is 6.02. The minimum absolute atomic E-state index is 0.819. The monoisotopic (exact) mass is 221 g/mol. The second kappa shape index (κ2) is 4.22. The molecule has 0 saturated heterocycles. The van der Waals surface area contributed by atoms with E-state index in [4.69, 9.17) is 0 Å². The average Bonchev–Trinajstić information content (AvgIpc) is 2.62. The molecule has 3 rings (SSSR count). The molecule has 2 heterocycles. The minimum Gasteiger partial charge on any atom is -0.346 e. The van der Waals surface area contributed by atoms with Crippen LogP contribution in [0, 0.1) is 0 Å². The molecule has 0 aliphatic carbocycles. The molecule has 0 fully saturated rings. The second-order valence-electron chi connectivity index (χ2n) is 3.74. The molecular formula is C14H11N3. The Hall–Kier alpha value is -2.42. The molecule has 1 aliphatic rings. The number of hydrogen-bond acceptors (Lipinski definition) is 3. The molecule has 0 saturated carbocycles. The fraction of sp³-hybridized carbons (Fsp3) is 0. The van der Waals surface area contributed by atoms with E-state index in [1.807, 2.05) is 48.7 Å². The van der Waals surface area contributed by atoms with Crippen molar-refractivity contribution in [3.05, 3.63) is 66.1 Å². The van der Waals surface area contributed by atoms with E-state index < -0.39 is 0 Å². The number of rotatable bonds is 1. The van der Waals surface area contributed by atoms with Gasteiger partial charge >= 0.3 is 0 Å². The lowest BCUT2D eigenvalue weighted by atomic mass is 10.2. The van der Waals surface area contributed by atoms with Crippen LogP contribution in [-0.4, -0.2) is 10.8 Å². The fourth-order valence-corrected chi connectivity index (χ4v) is 1.74. The van der Waals surface area contributed by atoms with E-state index in [9.17, 15) is 0 Å². The molecule has 1 aromatic carbocycles. The van der Waals surface area contributed by atoms with E-state index >= 15 is 0 Å². The van der Waals surface area contributed by atoms with E-state index in [1.54, 1.807) is 12.4 Å². The summed E-state index contributed by atoms with van der Waals surface area (Å²) in [7, 11) is 0. The number of pyridine rings is 1. The van der Waals surface area contributed by atoms with Crippen molar-refractivity contribution in [3.8, 4) is 0 Å². The Balaban J connectivity index is 2.10. The van der Waals surface area contributed by atoms with Crippen molar-refractivity contribution in [2.75, 3.05) is 0 Å². The third-order valence-electron chi connectivity index (χ3n) is 2.59. The van der Waals surface area contributed by atoms with E-state index in [1.165, 1.54) is 0 Å². The van der Waals surface area contributed by atoms with Crippen LogP contribution >= 0.6 is 0 Å². The standard InChI is InChI=1S/C14H11N3/c1-2-6-13-11(4-1)7-9-16-14(17-13)12-5-3-8-15-10-12/h1-10H,(H,16,17). The summed E-state index contributed by atoms with van der Waals surface area (Å²) in [4.78, 5) is 8.71. The molecule has 3 heteroatoms. The van der Waals surface area contributed by atoms with Gasteiger partial charge in [0, 0.05) is 29.7 Å². The SMILES string of the molecule is C1=Cc2ccccc2N=C(c2cccnc2)N1. The van der Waals surface area contributed by atoms with Gasteiger partial charge in [-0.2, -0.15) is 0 Å². The van der Waals surface area contributed by atoms with Crippen molar-refractivity contribution >= 4 is 17.6 Å². The molecule has 82 valence electrons. The highest BCUT2D eigenvalue weighted by atomic mass is 15.0. The third-order valence-corrected chi connectivity index (χ3v) is 2.59. The van der Waals surface area contributed by atoms with Gasteiger partial charge in [-0.05, 0) is 24.3 Å². The maximum Gasteiger partial charge on any atom is 0.139 e. The van der Waals surface area contributed by atoms with Gasteiger partial charge in [0.1, 0.15) is 5.84 Å². The first-order valence-corrected chi connectivity index (χ1v) is 5.45. The lowest BCUT2D eigenvalue weighted by molar-refractivity contribution is 1.24. The van der Waals surface area contributed by atoms with Crippen LogP contribution in [0.2, 0.25) is 0 Å². The predicted octanol–water partition coefficient (Wildman–Crippen LogP) is 2.73. The van der Waals surface area contributed by atoms with Crippen molar-refractivity contribution in [1.82, 2.24) is 10.3 Å². The van der Waals surface area contributed by atoms with Gasteiger partial charge in [0.25, 0.3) is 0 Å². The zero-order valence-corrected chi connectivity index (χ0v) is 9.17. The molecule has 0 radical (unpaired) electrons. The summed E-state index contributed by atoms with van der Waals surface area (Å²) in [5, 5.41) is 3.17. The van der Waals surface area contributed by atoms with Gasteiger partial charge in [0.05, 0.1) is 5.69 Å². The minimum atomic E-state index is 0.819. The number of aliphatic imine (C=N–C) groups is 1. The number of fused-ring (bicyclic) bond motifs is 1. The Morgan fingerprint density at radius 2 is 1.94 bits per heavy atom. The van der Waals surface area contributed by atoms with Gasteiger partial charge in [0.15, 0.2) is 0 Å². The Bertz CT molecular complexity index is 585. The number of benzene rings is 1. The second-order valence-corrected chi connectivity index (χ2v) is 3.74. The fourth-order valence-electron chi connectivity index (χ4n) is 1.74. The van der Waals surface area contributed by atoms with Gasteiger partial charge in [-0.1, -0.05) is 18.2 Å². The quantitative estimate of drug-likeness (QED) is 0.804. The van der Waals surface area contributed by atoms with Crippen molar-refractivity contribution in [2.24, 2.45) is 4.99 Å². The van der Waals surface area contributed by atoms with Crippen molar-refractivity contribution in [3.63, 3.8) is 0 Å². The molecule has 17 heavy (non-hydrogen) atoms. The normalized spacial score (nSPS) is 13.3. The number of aromatic nitrogens is 1. The summed E-state index contributed by atoms with van der Waals surface area (Å²) in [6.07, 6.45) is 7.47. The lowest BCUT2D eigenvalue weighted by Crippen LogP contribution is -2.17. The van der Waals surface area contributed by atoms with Crippen LogP contribution in [0.3, 0.4) is 0 Å². The number of nitrogens with one attached hydrogen (secondary N) is 1. The summed E-state index contributed by atoms with van der Waals surface area (Å²) in [5.41, 5.74) is 3.06. The number of nitrogens with zero attached hydrogens (tertiary/aromatic N) is 2. The lowest BCUT2D eigenvalue weighted by Gasteiger charge is -2.04. The molecule has 0 amide bonds. The highest BCUT2D eigenvalue weighted by Crippen LogP contribution is 2.22. The van der Waals surface area contributed by atoms with Crippen LogP contribution in [-0.2, 0) is 0 Å². The Kier molecular flexibility index (Phi) is 2.43. The molecule has 3 nitrogen and oxygen atoms in total. The van der Waals surface area contributed by atoms with Gasteiger partial charge in [-0.3, -0.25) is 4.98 Å². The smallest absolute Gasteiger partial charge is 0.139 e. The zero-order valence-electron chi connectivity index (χ0n) is 9.17. The van der Waals surface area contributed by atoms with Gasteiger partial charge in [0.2, 0.25) is 0 Å². The molecule has 0 spiro atoms. The van der Waals surface area contributed by atoms with Crippen LogP contribution in [0.1, 0.15) is 11.1 Å². The number of hydrogen-bond donors (Lipinski definition) is 1. The van der Waals surface area contributed by atoms with E-state index in [0.29, 0.717) is 0 Å². The molecule has 1 aliphatic heterocycles. The number of amidine groups is 1. The van der Waals surface area contributed by atoms with Crippen LogP contribution in [0.4, 0.5) is 5.69 Å². The Morgan fingerprint density at radius 3 is 2.82 bits per heavy atom. The van der Waals surface area contributed by atoms with Crippen molar-refractivity contribution in [1.29, 1.82) is 0 Å². The third kappa shape index (κ3) is 1.95. The first kappa shape index (κ1) is 9.78. The molecule has 2 aromatic rings. The van der Waals surface area contributed by atoms with E-state index in [2.05, 4.69) is 15.3 Å². The zero-order chi connectivity index (χ0) is 11.5. The predicted molar refractivity (Wildman–Crippen MR) is 69.0 cm³/mol. The number of para-hydroxylation sites is 1. The van der Waals surface area contributed by atoms with E-state index in [-0.39, 0.29) is 0 Å². The van der Waals surface area contributed by atoms with Crippen molar-refractivity contribution in [2.45, 2.75) is 0 Å². The van der Waals surface area contributed by atoms with Gasteiger partial charge in [-0.25, -0.2) is 4.99 Å². The summed E-state index contributed by atoms with van der Waals surface area (Å²) >= 11 is 0. The van der Waals surface area contributed by atoms with Crippen LogP contribution in [0.5, 0.6) is 0 Å². The molecule has 0 bridgehead atoms. The molecular weight excluding hydrogens is 210 g/mol. The van der Waals surface area contributed by atoms with Crippen LogP contribution < -0.4 is 5.32 Å². The first-order chi connectivity index (χ1) is 8.43. The Labute approximate surface area is 99.6 Å². The topological polar surface area (TPSA) is 37.3 Å². The Morgan fingerprint density at radius 1 is 1.00 bits per heavy atom. The van der Waals surface area contributed by atoms with Crippen molar-refractivity contribution < 1.29 is 0 Å². The summed E-state index contributed by atoms with van der Waals surface area (Å²) in [6.45, 7) is 0. The summed E-state index contributed by atoms with van der Waals surface area (Å²) in [5.74, 6) is 0.819. The highest BCUT2D eigenvalue weighted by Gasteiger charge is 2.06. The molecule has 0 atom stereocenters. The molecule has 1 N–H and O–H groups in total. The maximum atomic E-state index is 4.61. The van der Waals surface area contributed by atoms with Gasteiger partial charge in [-0.15, -0.1) is 0 Å². The van der Waals surface area contributed by atoms with Crippen LogP contribution in [0.25, 0.3) is 6.08 Å². The maximum absolute atomic E-state index is 4.61. The molecule has 0 unspecified atom stereocenters. The van der Waals surface area contributed by atoms with Gasteiger partial charge < -0.3 is 5.32 Å². The first-order valence-electron chi connectivity index (χ1n) is 5.45. The molecule has 1 aromatic heterocycles. The summed E-state index contributed by atoms with van der Waals surface area (Å²) < 4.78 is 0. The average molecular weight is 221 g/mol. The van der Waals surface area contributed by atoms with Crippen LogP contribution in [0.15, 0.2) is 60.0 Å². The largest absolute Gasteiger partial charge is 0.346 e. The summed E-state index contributed by atoms with van der Waals surface area (Å²) in [6, 6.07) is 11.9. The van der Waals surface area contributed by atoms with E-state index in [0.717, 1.165) is 22.6 Å².